The number of nitrogens with one attached hydrogen (secondary N) is 3. The number of amides is 1. The average molecular weight is 213 g/mol. The zero-order valence-corrected chi connectivity index (χ0v) is 9.05. The third kappa shape index (κ3) is 3.75. The molecule has 0 aromatic rings. The normalized spacial score (nSPS) is 22.2. The van der Waals surface area contributed by atoms with Crippen molar-refractivity contribution in [1.29, 1.82) is 5.41 Å². The van der Waals surface area contributed by atoms with Crippen LogP contribution in [0, 0.1) is 5.41 Å². The lowest BCUT2D eigenvalue weighted by Crippen LogP contribution is -2.53. The number of rotatable bonds is 4. The molecule has 1 rings (SSSR count). The highest BCUT2D eigenvalue weighted by Crippen LogP contribution is 2.07. The van der Waals surface area contributed by atoms with E-state index in [0.29, 0.717) is 6.54 Å². The summed E-state index contributed by atoms with van der Waals surface area (Å²) in [5.41, 5.74) is 5.15. The van der Waals surface area contributed by atoms with Crippen LogP contribution in [0.25, 0.3) is 0 Å². The maximum absolute atomic E-state index is 11.5. The van der Waals surface area contributed by atoms with Crippen LogP contribution >= 0.6 is 0 Å². The molecule has 15 heavy (non-hydrogen) atoms. The van der Waals surface area contributed by atoms with Crippen LogP contribution in [0.4, 0.5) is 0 Å². The topological polar surface area (TPSA) is 94.2 Å². The van der Waals surface area contributed by atoms with Crippen molar-refractivity contribution >= 4 is 11.9 Å². The van der Waals surface area contributed by atoms with E-state index in [9.17, 15) is 4.79 Å². The molecule has 1 heterocycles. The molecule has 0 bridgehead atoms. The summed E-state index contributed by atoms with van der Waals surface area (Å²) >= 11 is 0. The molecule has 0 unspecified atom stereocenters. The summed E-state index contributed by atoms with van der Waals surface area (Å²) in [5, 5.41) is 12.5. The Balaban J connectivity index is 2.23. The maximum atomic E-state index is 11.5. The number of nitrogens with two attached hydrogens (primary N) is 1. The second kappa shape index (κ2) is 5.55. The molecule has 86 valence electrons. The molecule has 0 aromatic carbocycles. The van der Waals surface area contributed by atoms with Gasteiger partial charge in [0.05, 0.1) is 6.04 Å². The Morgan fingerprint density at radius 1 is 1.80 bits per heavy atom. The number of hydrogen-bond acceptors (Lipinski definition) is 3. The number of nitrogens with zero attached hydrogens (tertiary/aromatic N) is 1. The van der Waals surface area contributed by atoms with E-state index in [-0.39, 0.29) is 17.9 Å². The van der Waals surface area contributed by atoms with E-state index >= 15 is 0 Å². The first-order chi connectivity index (χ1) is 7.11. The van der Waals surface area contributed by atoms with Crippen LogP contribution in [0.2, 0.25) is 0 Å². The van der Waals surface area contributed by atoms with Gasteiger partial charge in [0, 0.05) is 19.6 Å². The second-order valence-corrected chi connectivity index (χ2v) is 3.77. The van der Waals surface area contributed by atoms with Crippen molar-refractivity contribution in [2.75, 3.05) is 26.7 Å². The largest absolute Gasteiger partial charge is 0.370 e. The lowest BCUT2D eigenvalue weighted by Gasteiger charge is -2.31. The zero-order valence-electron chi connectivity index (χ0n) is 9.05. The molecule has 5 N–H and O–H groups in total. The van der Waals surface area contributed by atoms with Crippen molar-refractivity contribution in [3.05, 3.63) is 0 Å². The molecule has 0 spiro atoms. The van der Waals surface area contributed by atoms with Crippen LogP contribution in [-0.2, 0) is 4.79 Å². The van der Waals surface area contributed by atoms with Crippen molar-refractivity contribution < 1.29 is 4.79 Å². The van der Waals surface area contributed by atoms with Gasteiger partial charge in [-0.05, 0) is 19.9 Å². The smallest absolute Gasteiger partial charge is 0.237 e. The highest BCUT2D eigenvalue weighted by molar-refractivity contribution is 5.82. The van der Waals surface area contributed by atoms with E-state index in [1.54, 1.807) is 0 Å². The fourth-order valence-electron chi connectivity index (χ4n) is 1.70. The SMILES string of the molecule is CN1CCNC(=O)[C@@H]1CCCNC(=N)N. The number of guanidine groups is 1. The number of hydrogen-bond donors (Lipinski definition) is 4. The molecule has 0 saturated carbocycles. The lowest BCUT2D eigenvalue weighted by atomic mass is 10.1. The summed E-state index contributed by atoms with van der Waals surface area (Å²) in [5.74, 6) is 0.0861. The van der Waals surface area contributed by atoms with Crippen LogP contribution in [0.5, 0.6) is 0 Å². The Hall–Kier alpha value is -1.30. The van der Waals surface area contributed by atoms with Crippen LogP contribution in [0.1, 0.15) is 12.8 Å². The van der Waals surface area contributed by atoms with E-state index in [1.807, 2.05) is 7.05 Å². The summed E-state index contributed by atoms with van der Waals surface area (Å²) in [4.78, 5) is 13.6. The summed E-state index contributed by atoms with van der Waals surface area (Å²) in [6.07, 6.45) is 1.63. The minimum absolute atomic E-state index is 0.0172. The van der Waals surface area contributed by atoms with Gasteiger partial charge in [-0.1, -0.05) is 0 Å². The monoisotopic (exact) mass is 213 g/mol. The molecule has 0 aromatic heterocycles. The summed E-state index contributed by atoms with van der Waals surface area (Å²) in [6, 6.07) is -0.0347. The molecule has 6 nitrogen and oxygen atoms in total. The molecule has 1 saturated heterocycles. The molecule has 1 aliphatic rings. The Kier molecular flexibility index (Phi) is 4.36. The predicted molar refractivity (Wildman–Crippen MR) is 58.6 cm³/mol. The third-order valence-corrected chi connectivity index (χ3v) is 2.57. The van der Waals surface area contributed by atoms with Gasteiger partial charge < -0.3 is 16.4 Å². The van der Waals surface area contributed by atoms with Crippen molar-refractivity contribution in [3.8, 4) is 0 Å². The molecule has 6 heteroatoms. The van der Waals surface area contributed by atoms with Gasteiger partial charge in [0.2, 0.25) is 5.91 Å². The molecule has 0 radical (unpaired) electrons. The van der Waals surface area contributed by atoms with E-state index in [4.69, 9.17) is 11.1 Å². The number of carbonyl (C=O) groups is 1. The average Bonchev–Trinajstić information content (AvgIpc) is 2.15. The number of likely N-dealkylation sites (N-methyl/N-ethyl adjacent to an activating group) is 1. The second-order valence-electron chi connectivity index (χ2n) is 3.77. The van der Waals surface area contributed by atoms with Crippen LogP contribution in [0.3, 0.4) is 0 Å². The van der Waals surface area contributed by atoms with Gasteiger partial charge in [0.1, 0.15) is 0 Å². The van der Waals surface area contributed by atoms with Gasteiger partial charge in [0.15, 0.2) is 5.96 Å². The molecular formula is C9H19N5O. The summed E-state index contributed by atoms with van der Waals surface area (Å²) < 4.78 is 0. The van der Waals surface area contributed by atoms with Crippen LogP contribution < -0.4 is 16.4 Å². The Morgan fingerprint density at radius 3 is 3.13 bits per heavy atom. The lowest BCUT2D eigenvalue weighted by molar-refractivity contribution is -0.128. The maximum Gasteiger partial charge on any atom is 0.237 e. The molecule has 1 fully saturated rings. The summed E-state index contributed by atoms with van der Waals surface area (Å²) in [7, 11) is 1.96. The van der Waals surface area contributed by atoms with E-state index in [1.165, 1.54) is 0 Å². The van der Waals surface area contributed by atoms with Crippen molar-refractivity contribution in [3.63, 3.8) is 0 Å². The Morgan fingerprint density at radius 2 is 2.53 bits per heavy atom. The first-order valence-corrected chi connectivity index (χ1v) is 5.17. The van der Waals surface area contributed by atoms with E-state index in [0.717, 1.165) is 25.9 Å². The van der Waals surface area contributed by atoms with E-state index < -0.39 is 0 Å². The van der Waals surface area contributed by atoms with Crippen LogP contribution in [0.15, 0.2) is 0 Å². The standard InChI is InChI=1S/C9H19N5O/c1-14-6-5-12-8(15)7(14)3-2-4-13-9(10)11/h7H,2-6H2,1H3,(H,12,15)(H4,10,11,13)/t7-/m0/s1. The fraction of sp³-hybridized carbons (Fsp3) is 0.778. The zero-order chi connectivity index (χ0) is 11.3. The molecule has 1 aliphatic heterocycles. The number of carbonyl (C=O) groups excluding carboxylic acids is 1. The van der Waals surface area contributed by atoms with Gasteiger partial charge in [-0.25, -0.2) is 0 Å². The number of piperazine rings is 1. The van der Waals surface area contributed by atoms with Gasteiger partial charge in [-0.3, -0.25) is 15.1 Å². The Bertz CT molecular complexity index is 243. The molecular weight excluding hydrogens is 194 g/mol. The Labute approximate surface area is 89.7 Å². The highest BCUT2D eigenvalue weighted by atomic mass is 16.2. The van der Waals surface area contributed by atoms with Crippen molar-refractivity contribution in [2.24, 2.45) is 5.73 Å². The van der Waals surface area contributed by atoms with Gasteiger partial charge in [-0.15, -0.1) is 0 Å². The minimum atomic E-state index is -0.0347. The van der Waals surface area contributed by atoms with Gasteiger partial charge >= 0.3 is 0 Å². The van der Waals surface area contributed by atoms with Gasteiger partial charge in [-0.2, -0.15) is 0 Å². The molecule has 0 aliphatic carbocycles. The third-order valence-electron chi connectivity index (χ3n) is 2.57. The van der Waals surface area contributed by atoms with Crippen molar-refractivity contribution in [1.82, 2.24) is 15.5 Å². The quantitative estimate of drug-likeness (QED) is 0.265. The van der Waals surface area contributed by atoms with E-state index in [2.05, 4.69) is 15.5 Å². The summed E-state index contributed by atoms with van der Waals surface area (Å²) in [6.45, 7) is 2.28. The first-order valence-electron chi connectivity index (χ1n) is 5.17. The highest BCUT2D eigenvalue weighted by Gasteiger charge is 2.25. The van der Waals surface area contributed by atoms with Crippen LogP contribution in [-0.4, -0.2) is 49.5 Å². The molecule has 1 amide bonds. The minimum Gasteiger partial charge on any atom is -0.370 e. The fourth-order valence-corrected chi connectivity index (χ4v) is 1.70. The molecule has 1 atom stereocenters. The van der Waals surface area contributed by atoms with Gasteiger partial charge in [0.25, 0.3) is 0 Å². The first kappa shape index (κ1) is 11.8. The predicted octanol–water partition coefficient (Wildman–Crippen LogP) is -1.32. The van der Waals surface area contributed by atoms with Crippen molar-refractivity contribution in [2.45, 2.75) is 18.9 Å².